The Morgan fingerprint density at radius 2 is 2.42 bits per heavy atom. The molecule has 0 aliphatic carbocycles. The Balaban J connectivity index is 2.38. The molecule has 0 saturated heterocycles. The number of pyridine rings is 1. The average molecular weight is 181 g/mol. The molecule has 1 aromatic heterocycles. The highest BCUT2D eigenvalue weighted by atomic mass is 32.1. The van der Waals surface area contributed by atoms with Gasteiger partial charge in [0, 0.05) is 18.3 Å². The summed E-state index contributed by atoms with van der Waals surface area (Å²) in [6.45, 7) is 0. The third-order valence-corrected chi connectivity index (χ3v) is 1.91. The second-order valence-electron chi connectivity index (χ2n) is 2.40. The monoisotopic (exact) mass is 181 g/mol. The van der Waals surface area contributed by atoms with E-state index in [1.54, 1.807) is 13.3 Å². The number of aryl methyl sites for hydroxylation is 1. The number of thiocarbonyl (C=S) groups is 1. The number of nitrogens with zero attached hydrogens (tertiary/aromatic N) is 1. The molecule has 0 radical (unpaired) electrons. The molecular weight excluding hydrogens is 170 g/mol. The highest BCUT2D eigenvalue weighted by molar-refractivity contribution is 7.80. The van der Waals surface area contributed by atoms with Crippen molar-refractivity contribution in [3.05, 3.63) is 30.1 Å². The fourth-order valence-corrected chi connectivity index (χ4v) is 0.980. The quantitative estimate of drug-likeness (QED) is 0.666. The molecule has 0 atom stereocenters. The van der Waals surface area contributed by atoms with Crippen molar-refractivity contribution < 1.29 is 4.74 Å². The summed E-state index contributed by atoms with van der Waals surface area (Å²) in [5.41, 5.74) is 1.05. The molecule has 0 aliphatic rings. The Hall–Kier alpha value is -0.960. The van der Waals surface area contributed by atoms with Crippen LogP contribution in [0.4, 0.5) is 0 Å². The summed E-state index contributed by atoms with van der Waals surface area (Å²) in [5, 5.41) is 0.639. The molecule has 1 aromatic rings. The summed E-state index contributed by atoms with van der Waals surface area (Å²) in [7, 11) is 1.60. The second kappa shape index (κ2) is 4.83. The van der Waals surface area contributed by atoms with E-state index in [1.807, 2.05) is 18.2 Å². The largest absolute Gasteiger partial charge is 0.490 e. The van der Waals surface area contributed by atoms with Gasteiger partial charge >= 0.3 is 0 Å². The highest BCUT2D eigenvalue weighted by Gasteiger charge is 1.96. The van der Waals surface area contributed by atoms with Crippen LogP contribution in [0.3, 0.4) is 0 Å². The molecule has 0 bridgehead atoms. The van der Waals surface area contributed by atoms with E-state index in [2.05, 4.69) is 4.98 Å². The van der Waals surface area contributed by atoms with Gasteiger partial charge in [0.25, 0.3) is 0 Å². The lowest BCUT2D eigenvalue weighted by atomic mass is 10.2. The van der Waals surface area contributed by atoms with Crippen molar-refractivity contribution in [1.82, 2.24) is 4.98 Å². The standard InChI is InChI=1S/C9H11NOS/c1-11-9(12)6-5-8-4-2-3-7-10-8/h2-4,7H,5-6H2,1H3. The lowest BCUT2D eigenvalue weighted by Crippen LogP contribution is -2.00. The third kappa shape index (κ3) is 2.96. The van der Waals surface area contributed by atoms with Crippen molar-refractivity contribution in [2.24, 2.45) is 0 Å². The molecule has 1 rings (SSSR count). The topological polar surface area (TPSA) is 22.1 Å². The Morgan fingerprint density at radius 3 is 3.00 bits per heavy atom. The fourth-order valence-electron chi connectivity index (χ4n) is 0.878. The summed E-state index contributed by atoms with van der Waals surface area (Å²) in [6, 6.07) is 5.86. The first-order chi connectivity index (χ1) is 5.83. The maximum atomic E-state index is 4.90. The summed E-state index contributed by atoms with van der Waals surface area (Å²) in [4.78, 5) is 4.17. The maximum Gasteiger partial charge on any atom is 0.159 e. The van der Waals surface area contributed by atoms with E-state index >= 15 is 0 Å². The van der Waals surface area contributed by atoms with Gasteiger partial charge in [0.15, 0.2) is 5.05 Å². The van der Waals surface area contributed by atoms with Crippen LogP contribution in [0.5, 0.6) is 0 Å². The van der Waals surface area contributed by atoms with E-state index in [0.29, 0.717) is 5.05 Å². The van der Waals surface area contributed by atoms with Crippen LogP contribution in [0.2, 0.25) is 0 Å². The molecular formula is C9H11NOS. The van der Waals surface area contributed by atoms with Crippen molar-refractivity contribution in [1.29, 1.82) is 0 Å². The predicted octanol–water partition coefficient (Wildman–Crippen LogP) is 1.99. The van der Waals surface area contributed by atoms with E-state index in [4.69, 9.17) is 17.0 Å². The van der Waals surface area contributed by atoms with Gasteiger partial charge in [0.2, 0.25) is 0 Å². The molecule has 12 heavy (non-hydrogen) atoms. The Labute approximate surface area is 77.6 Å². The van der Waals surface area contributed by atoms with Crippen molar-refractivity contribution in [2.75, 3.05) is 7.11 Å². The molecule has 3 heteroatoms. The first-order valence-electron chi connectivity index (χ1n) is 3.79. The zero-order chi connectivity index (χ0) is 8.81. The van der Waals surface area contributed by atoms with Gasteiger partial charge in [-0.3, -0.25) is 4.98 Å². The lowest BCUT2D eigenvalue weighted by Gasteiger charge is -2.00. The minimum atomic E-state index is 0.639. The van der Waals surface area contributed by atoms with Crippen molar-refractivity contribution in [2.45, 2.75) is 12.8 Å². The summed E-state index contributed by atoms with van der Waals surface area (Å²) in [5.74, 6) is 0. The van der Waals surface area contributed by atoms with Gasteiger partial charge in [-0.1, -0.05) is 6.07 Å². The Bertz CT molecular complexity index is 248. The Morgan fingerprint density at radius 1 is 1.58 bits per heavy atom. The van der Waals surface area contributed by atoms with Crippen LogP contribution in [-0.2, 0) is 11.2 Å². The normalized spacial score (nSPS) is 9.42. The molecule has 64 valence electrons. The second-order valence-corrected chi connectivity index (χ2v) is 2.85. The zero-order valence-electron chi connectivity index (χ0n) is 6.99. The van der Waals surface area contributed by atoms with Gasteiger partial charge < -0.3 is 4.74 Å². The van der Waals surface area contributed by atoms with Gasteiger partial charge in [-0.05, 0) is 30.8 Å². The van der Waals surface area contributed by atoms with Crippen molar-refractivity contribution in [3.8, 4) is 0 Å². The van der Waals surface area contributed by atoms with Gasteiger partial charge in [0.1, 0.15) is 0 Å². The van der Waals surface area contributed by atoms with E-state index in [1.165, 1.54) is 0 Å². The SMILES string of the molecule is COC(=S)CCc1ccccn1. The van der Waals surface area contributed by atoms with Crippen LogP contribution < -0.4 is 0 Å². The molecule has 0 amide bonds. The van der Waals surface area contributed by atoms with Gasteiger partial charge in [-0.15, -0.1) is 0 Å². The van der Waals surface area contributed by atoms with Gasteiger partial charge in [-0.25, -0.2) is 0 Å². The summed E-state index contributed by atoms with van der Waals surface area (Å²) < 4.78 is 4.88. The molecule has 0 spiro atoms. The first kappa shape index (κ1) is 9.13. The molecule has 0 saturated carbocycles. The van der Waals surface area contributed by atoms with E-state index in [-0.39, 0.29) is 0 Å². The zero-order valence-corrected chi connectivity index (χ0v) is 7.80. The maximum absolute atomic E-state index is 4.90. The Kier molecular flexibility index (Phi) is 3.67. The van der Waals surface area contributed by atoms with E-state index in [0.717, 1.165) is 18.5 Å². The van der Waals surface area contributed by atoms with Crippen molar-refractivity contribution >= 4 is 17.3 Å². The van der Waals surface area contributed by atoms with Gasteiger partial charge in [-0.2, -0.15) is 0 Å². The minimum Gasteiger partial charge on any atom is -0.490 e. The van der Waals surface area contributed by atoms with Gasteiger partial charge in [0.05, 0.1) is 7.11 Å². The molecule has 0 N–H and O–H groups in total. The fraction of sp³-hybridized carbons (Fsp3) is 0.333. The molecule has 1 heterocycles. The van der Waals surface area contributed by atoms with E-state index < -0.39 is 0 Å². The number of hydrogen-bond acceptors (Lipinski definition) is 3. The molecule has 0 unspecified atom stereocenters. The molecule has 0 fully saturated rings. The predicted molar refractivity (Wildman–Crippen MR) is 52.2 cm³/mol. The summed E-state index contributed by atoms with van der Waals surface area (Å²) in [6.07, 6.45) is 3.40. The smallest absolute Gasteiger partial charge is 0.159 e. The average Bonchev–Trinajstić information content (AvgIpc) is 2.16. The number of aromatic nitrogens is 1. The lowest BCUT2D eigenvalue weighted by molar-refractivity contribution is 0.402. The molecule has 0 aromatic carbocycles. The van der Waals surface area contributed by atoms with Crippen LogP contribution in [-0.4, -0.2) is 17.1 Å². The van der Waals surface area contributed by atoms with Crippen LogP contribution in [0.1, 0.15) is 12.1 Å². The summed E-state index contributed by atoms with van der Waals surface area (Å²) >= 11 is 4.90. The van der Waals surface area contributed by atoms with Crippen LogP contribution >= 0.6 is 12.2 Å². The highest BCUT2D eigenvalue weighted by Crippen LogP contribution is 1.99. The van der Waals surface area contributed by atoms with Crippen molar-refractivity contribution in [3.63, 3.8) is 0 Å². The number of rotatable bonds is 3. The van der Waals surface area contributed by atoms with E-state index in [9.17, 15) is 0 Å². The molecule has 0 aliphatic heterocycles. The molecule has 2 nitrogen and oxygen atoms in total. The number of methoxy groups -OCH3 is 1. The number of hydrogen-bond donors (Lipinski definition) is 0. The third-order valence-electron chi connectivity index (χ3n) is 1.54. The van der Waals surface area contributed by atoms with Crippen LogP contribution in [0.25, 0.3) is 0 Å². The first-order valence-corrected chi connectivity index (χ1v) is 4.20. The van der Waals surface area contributed by atoms with Crippen LogP contribution in [0.15, 0.2) is 24.4 Å². The van der Waals surface area contributed by atoms with Crippen LogP contribution in [0, 0.1) is 0 Å². The number of ether oxygens (including phenoxy) is 1. The minimum absolute atomic E-state index is 0.639.